The highest BCUT2D eigenvalue weighted by molar-refractivity contribution is 7.92. The third kappa shape index (κ3) is 6.32. The second-order valence-corrected chi connectivity index (χ2v) is 12.3. The first kappa shape index (κ1) is 26.3. The minimum absolute atomic E-state index is 0.172. The highest BCUT2D eigenvalue weighted by Crippen LogP contribution is 2.35. The Kier molecular flexibility index (Phi) is 7.27. The maximum absolute atomic E-state index is 13.5. The van der Waals surface area contributed by atoms with Crippen LogP contribution in [-0.4, -0.2) is 44.6 Å². The molecule has 12 heteroatoms. The zero-order valence-electron chi connectivity index (χ0n) is 19.9. The molecule has 1 aliphatic heterocycles. The lowest BCUT2D eigenvalue weighted by Crippen LogP contribution is -2.39. The molecule has 1 saturated heterocycles. The number of aromatic nitrogens is 1. The number of carbonyl (C=O) groups is 1. The number of pyridine rings is 1. The number of aryl methyl sites for hydroxylation is 2. The van der Waals surface area contributed by atoms with Crippen LogP contribution in [0.1, 0.15) is 33.0 Å². The second-order valence-electron chi connectivity index (χ2n) is 8.84. The molecule has 1 fully saturated rings. The zero-order chi connectivity index (χ0) is 26.3. The fourth-order valence-corrected chi connectivity index (χ4v) is 5.76. The molecule has 7 nitrogen and oxygen atoms in total. The van der Waals surface area contributed by atoms with Gasteiger partial charge in [0.05, 0.1) is 34.4 Å². The van der Waals surface area contributed by atoms with Gasteiger partial charge in [-0.15, -0.1) is 11.3 Å². The molecule has 1 amide bonds. The van der Waals surface area contributed by atoms with Gasteiger partial charge in [-0.1, -0.05) is 11.6 Å². The molecule has 3 heterocycles. The molecule has 0 radical (unpaired) electrons. The van der Waals surface area contributed by atoms with Crippen LogP contribution in [0.5, 0.6) is 0 Å². The van der Waals surface area contributed by atoms with Crippen LogP contribution in [0.15, 0.2) is 36.5 Å². The molecule has 192 valence electrons. The molecule has 2 N–H and O–H groups in total. The normalized spacial score (nSPS) is 15.6. The van der Waals surface area contributed by atoms with Crippen molar-refractivity contribution in [2.75, 3.05) is 34.3 Å². The molecule has 0 saturated carbocycles. The molecule has 0 spiro atoms. The summed E-state index contributed by atoms with van der Waals surface area (Å²) in [5.41, 5.74) is 3.79. The van der Waals surface area contributed by atoms with E-state index in [4.69, 9.17) is 11.6 Å². The lowest BCUT2D eigenvalue weighted by molar-refractivity contribution is -0.0220. The van der Waals surface area contributed by atoms with Gasteiger partial charge in [-0.3, -0.25) is 14.5 Å². The van der Waals surface area contributed by atoms with E-state index >= 15 is 0 Å². The number of alkyl halides is 2. The van der Waals surface area contributed by atoms with Crippen molar-refractivity contribution in [1.29, 1.82) is 0 Å². The summed E-state index contributed by atoms with van der Waals surface area (Å²) in [6.45, 7) is 4.36. The molecule has 0 atom stereocenters. The number of rotatable bonds is 6. The molecule has 36 heavy (non-hydrogen) atoms. The number of sulfonamides is 1. The summed E-state index contributed by atoms with van der Waals surface area (Å²) < 4.78 is 52.4. The largest absolute Gasteiger partial charge is 0.370 e. The smallest absolute Gasteiger partial charge is 0.265 e. The van der Waals surface area contributed by atoms with Gasteiger partial charge in [-0.25, -0.2) is 17.2 Å². The predicted molar refractivity (Wildman–Crippen MR) is 141 cm³/mol. The number of thiophene rings is 1. The van der Waals surface area contributed by atoms with E-state index in [2.05, 4.69) is 15.0 Å². The van der Waals surface area contributed by atoms with Crippen molar-refractivity contribution in [3.63, 3.8) is 0 Å². The van der Waals surface area contributed by atoms with E-state index < -0.39 is 15.9 Å². The first-order chi connectivity index (χ1) is 16.8. The zero-order valence-corrected chi connectivity index (χ0v) is 22.3. The number of piperidine rings is 1. The van der Waals surface area contributed by atoms with Gasteiger partial charge in [0, 0.05) is 47.1 Å². The van der Waals surface area contributed by atoms with Crippen LogP contribution in [0.4, 0.5) is 25.8 Å². The Morgan fingerprint density at radius 3 is 2.42 bits per heavy atom. The Balaban J connectivity index is 1.52. The van der Waals surface area contributed by atoms with Crippen molar-refractivity contribution >= 4 is 55.9 Å². The summed E-state index contributed by atoms with van der Waals surface area (Å²) in [6, 6.07) is 8.14. The maximum Gasteiger partial charge on any atom is 0.265 e. The molecule has 3 aromatic rings. The molecular weight excluding hydrogens is 530 g/mol. The van der Waals surface area contributed by atoms with Crippen LogP contribution >= 0.6 is 22.9 Å². The lowest BCUT2D eigenvalue weighted by atomic mass is 10.0. The van der Waals surface area contributed by atoms with E-state index in [1.165, 1.54) is 29.5 Å². The molecular formula is C24H25ClF2N4O3S2. The molecule has 2 aromatic heterocycles. The Hall–Kier alpha value is -2.76. The van der Waals surface area contributed by atoms with Crippen molar-refractivity contribution in [3.05, 3.63) is 56.9 Å². The average Bonchev–Trinajstić information content (AvgIpc) is 3.13. The SMILES string of the molecule is Cc1cc(N2CCC(F)(F)CC2)cnc1-c1cc(C(=O)Nc2cc(Cl)cc(NS(C)(=O)=O)c2)sc1C. The van der Waals surface area contributed by atoms with Crippen LogP contribution in [0.25, 0.3) is 11.3 Å². The van der Waals surface area contributed by atoms with Gasteiger partial charge >= 0.3 is 0 Å². The standard InChI is InChI=1S/C24H25ClF2N4O3S2/c1-14-8-19(31-6-4-24(26,27)5-7-31)13-28-22(14)20-12-21(35-15(20)2)23(32)29-17-9-16(25)10-18(11-17)30-36(3,33)34/h8-13,30H,4-7H2,1-3H3,(H,29,32). The van der Waals surface area contributed by atoms with E-state index in [1.807, 2.05) is 24.8 Å². The Morgan fingerprint density at radius 2 is 1.78 bits per heavy atom. The summed E-state index contributed by atoms with van der Waals surface area (Å²) in [7, 11) is -3.51. The van der Waals surface area contributed by atoms with Crippen molar-refractivity contribution in [2.45, 2.75) is 32.6 Å². The average molecular weight is 555 g/mol. The number of hydrogen-bond acceptors (Lipinski definition) is 6. The van der Waals surface area contributed by atoms with Gasteiger partial charge < -0.3 is 10.2 Å². The quantitative estimate of drug-likeness (QED) is 0.393. The second kappa shape index (κ2) is 9.95. The highest BCUT2D eigenvalue weighted by Gasteiger charge is 2.34. The van der Waals surface area contributed by atoms with Crippen LogP contribution in [-0.2, 0) is 10.0 Å². The van der Waals surface area contributed by atoms with Gasteiger partial charge in [-0.05, 0) is 49.7 Å². The fraction of sp³-hybridized carbons (Fsp3) is 0.333. The minimum atomic E-state index is -3.51. The number of carbonyl (C=O) groups excluding carboxylic acids is 1. The van der Waals surface area contributed by atoms with Crippen LogP contribution in [0.3, 0.4) is 0 Å². The van der Waals surface area contributed by atoms with E-state index in [0.717, 1.165) is 33.6 Å². The first-order valence-corrected chi connectivity index (χ1v) is 14.2. The summed E-state index contributed by atoms with van der Waals surface area (Å²) in [5, 5.41) is 3.02. The molecule has 1 aliphatic rings. The molecule has 1 aromatic carbocycles. The van der Waals surface area contributed by atoms with Crippen LogP contribution in [0, 0.1) is 13.8 Å². The monoisotopic (exact) mass is 554 g/mol. The number of benzene rings is 1. The van der Waals surface area contributed by atoms with Crippen molar-refractivity contribution in [3.8, 4) is 11.3 Å². The fourth-order valence-electron chi connectivity index (χ4n) is 4.06. The van der Waals surface area contributed by atoms with Gasteiger partial charge in [-0.2, -0.15) is 0 Å². The number of halogens is 3. The summed E-state index contributed by atoms with van der Waals surface area (Å²) in [6.07, 6.45) is 2.36. The van der Waals surface area contributed by atoms with Crippen molar-refractivity contribution < 1.29 is 22.0 Å². The topological polar surface area (TPSA) is 91.4 Å². The maximum atomic E-state index is 13.5. The van der Waals surface area contributed by atoms with Gasteiger partial charge in [0.1, 0.15) is 0 Å². The Morgan fingerprint density at radius 1 is 1.11 bits per heavy atom. The number of amides is 1. The lowest BCUT2D eigenvalue weighted by Gasteiger charge is -2.33. The summed E-state index contributed by atoms with van der Waals surface area (Å²) >= 11 is 7.39. The van der Waals surface area contributed by atoms with E-state index in [9.17, 15) is 22.0 Å². The van der Waals surface area contributed by atoms with Gasteiger partial charge in [0.25, 0.3) is 11.8 Å². The number of hydrogen-bond donors (Lipinski definition) is 2. The number of nitrogens with zero attached hydrogens (tertiary/aromatic N) is 2. The Bertz CT molecular complexity index is 1420. The minimum Gasteiger partial charge on any atom is -0.370 e. The third-order valence-corrected chi connectivity index (χ3v) is 7.65. The molecule has 0 aliphatic carbocycles. The molecule has 0 unspecified atom stereocenters. The molecule has 0 bridgehead atoms. The van der Waals surface area contributed by atoms with Gasteiger partial charge in [0.2, 0.25) is 10.0 Å². The molecule has 4 rings (SSSR count). The number of anilines is 3. The summed E-state index contributed by atoms with van der Waals surface area (Å²) in [5.74, 6) is -2.98. The van der Waals surface area contributed by atoms with Crippen molar-refractivity contribution in [2.24, 2.45) is 0 Å². The van der Waals surface area contributed by atoms with E-state index in [-0.39, 0.29) is 42.5 Å². The van der Waals surface area contributed by atoms with E-state index in [1.54, 1.807) is 12.3 Å². The predicted octanol–water partition coefficient (Wildman–Crippen LogP) is 5.94. The van der Waals surface area contributed by atoms with Gasteiger partial charge in [0.15, 0.2) is 0 Å². The number of nitrogens with one attached hydrogen (secondary N) is 2. The summed E-state index contributed by atoms with van der Waals surface area (Å²) in [4.78, 5) is 20.8. The van der Waals surface area contributed by atoms with Crippen LogP contribution in [0.2, 0.25) is 5.02 Å². The van der Waals surface area contributed by atoms with Crippen molar-refractivity contribution in [1.82, 2.24) is 4.98 Å². The third-order valence-electron chi connectivity index (χ3n) is 5.78. The Labute approximate surface area is 217 Å². The highest BCUT2D eigenvalue weighted by atomic mass is 35.5. The van der Waals surface area contributed by atoms with E-state index in [0.29, 0.717) is 10.6 Å². The first-order valence-electron chi connectivity index (χ1n) is 11.1. The van der Waals surface area contributed by atoms with Crippen LogP contribution < -0.4 is 14.9 Å².